The molecule has 0 saturated heterocycles. The third-order valence-corrected chi connectivity index (χ3v) is 5.06. The quantitative estimate of drug-likeness (QED) is 0.266. The lowest BCUT2D eigenvalue weighted by atomic mass is 10.1. The normalized spacial score (nSPS) is 12.2. The van der Waals surface area contributed by atoms with Crippen molar-refractivity contribution in [2.75, 3.05) is 26.3 Å². The summed E-state index contributed by atoms with van der Waals surface area (Å²) >= 11 is 0. The van der Waals surface area contributed by atoms with Crippen molar-refractivity contribution in [3.63, 3.8) is 0 Å². The second kappa shape index (κ2) is 13.4. The van der Waals surface area contributed by atoms with Crippen molar-refractivity contribution in [2.24, 2.45) is 12.0 Å². The molecule has 0 fully saturated rings. The van der Waals surface area contributed by atoms with Gasteiger partial charge in [0.25, 0.3) is 0 Å². The maximum atomic E-state index is 5.76. The van der Waals surface area contributed by atoms with Crippen LogP contribution in [-0.2, 0) is 13.5 Å². The van der Waals surface area contributed by atoms with Crippen molar-refractivity contribution in [1.82, 2.24) is 20.4 Å². The largest absolute Gasteiger partial charge is 0.490 e. The Morgan fingerprint density at radius 3 is 2.39 bits per heavy atom. The third kappa shape index (κ3) is 7.59. The SMILES string of the molecule is CCNC(=NCCc1c(C)nn(C)c1C)NC(C)c1ccc(OCC)c(OCC)c1.I. The maximum Gasteiger partial charge on any atom is 0.191 e. The van der Waals surface area contributed by atoms with Crippen LogP contribution < -0.4 is 20.1 Å². The van der Waals surface area contributed by atoms with E-state index in [4.69, 9.17) is 14.5 Å². The Bertz CT molecular complexity index is 851. The van der Waals surface area contributed by atoms with Crippen LogP contribution in [0.3, 0.4) is 0 Å². The molecule has 1 aromatic heterocycles. The van der Waals surface area contributed by atoms with Crippen LogP contribution in [0.1, 0.15) is 56.3 Å². The lowest BCUT2D eigenvalue weighted by molar-refractivity contribution is 0.287. The fourth-order valence-electron chi connectivity index (χ4n) is 3.40. The average molecular weight is 543 g/mol. The Kier molecular flexibility index (Phi) is 11.7. The van der Waals surface area contributed by atoms with Crippen LogP contribution in [-0.4, -0.2) is 42.0 Å². The zero-order valence-corrected chi connectivity index (χ0v) is 22.2. The van der Waals surface area contributed by atoms with Crippen molar-refractivity contribution in [1.29, 1.82) is 0 Å². The molecule has 0 aliphatic carbocycles. The minimum Gasteiger partial charge on any atom is -0.490 e. The molecule has 0 amide bonds. The molecule has 8 heteroatoms. The van der Waals surface area contributed by atoms with Crippen LogP contribution in [0.5, 0.6) is 11.5 Å². The van der Waals surface area contributed by atoms with Crippen molar-refractivity contribution < 1.29 is 9.47 Å². The van der Waals surface area contributed by atoms with E-state index in [1.807, 2.05) is 37.7 Å². The second-order valence-electron chi connectivity index (χ2n) is 7.22. The molecule has 1 heterocycles. The Labute approximate surface area is 204 Å². The summed E-state index contributed by atoms with van der Waals surface area (Å²) < 4.78 is 13.4. The predicted molar refractivity (Wildman–Crippen MR) is 138 cm³/mol. The van der Waals surface area contributed by atoms with E-state index in [1.165, 1.54) is 11.3 Å². The highest BCUT2D eigenvalue weighted by Crippen LogP contribution is 2.30. The molecule has 2 N–H and O–H groups in total. The fraction of sp³-hybridized carbons (Fsp3) is 0.565. The molecule has 7 nitrogen and oxygen atoms in total. The lowest BCUT2D eigenvalue weighted by Crippen LogP contribution is -2.38. The molecule has 0 saturated carbocycles. The number of aliphatic imine (C=N–C) groups is 1. The Morgan fingerprint density at radius 2 is 1.81 bits per heavy atom. The number of rotatable bonds is 10. The standard InChI is InChI=1S/C23H37N5O2.HI/c1-8-24-23(25-14-13-20-17(5)27-28(7)18(20)6)26-16(4)19-11-12-21(29-9-2)22(15-19)30-10-3;/h11-12,15-16H,8-10,13-14H2,1-7H3,(H2,24,25,26);1H. The van der Waals surface area contributed by atoms with E-state index in [2.05, 4.69) is 49.5 Å². The molecule has 174 valence electrons. The van der Waals surface area contributed by atoms with Crippen molar-refractivity contribution in [2.45, 2.75) is 54.0 Å². The number of ether oxygens (including phenoxy) is 2. The molecule has 2 rings (SSSR count). The Morgan fingerprint density at radius 1 is 1.13 bits per heavy atom. The number of hydrogen-bond donors (Lipinski definition) is 2. The first kappa shape index (κ1) is 27.1. The zero-order valence-electron chi connectivity index (χ0n) is 19.9. The maximum absolute atomic E-state index is 5.76. The number of halogens is 1. The monoisotopic (exact) mass is 543 g/mol. The van der Waals surface area contributed by atoms with E-state index < -0.39 is 0 Å². The van der Waals surface area contributed by atoms with Gasteiger partial charge in [-0.25, -0.2) is 0 Å². The van der Waals surface area contributed by atoms with Gasteiger partial charge in [-0.3, -0.25) is 9.67 Å². The van der Waals surface area contributed by atoms with Crippen LogP contribution in [0.25, 0.3) is 0 Å². The van der Waals surface area contributed by atoms with E-state index in [1.54, 1.807) is 0 Å². The van der Waals surface area contributed by atoms with E-state index in [0.29, 0.717) is 19.8 Å². The topological polar surface area (TPSA) is 72.7 Å². The van der Waals surface area contributed by atoms with Crippen molar-refractivity contribution in [3.05, 3.63) is 40.7 Å². The summed E-state index contributed by atoms with van der Waals surface area (Å²) in [5, 5.41) is 11.3. The zero-order chi connectivity index (χ0) is 22.1. The first-order chi connectivity index (χ1) is 14.4. The molecule has 1 atom stereocenters. The van der Waals surface area contributed by atoms with Gasteiger partial charge < -0.3 is 20.1 Å². The molecule has 0 spiro atoms. The summed E-state index contributed by atoms with van der Waals surface area (Å²) in [6.07, 6.45) is 0.869. The van der Waals surface area contributed by atoms with E-state index >= 15 is 0 Å². The van der Waals surface area contributed by atoms with E-state index in [9.17, 15) is 0 Å². The molecule has 0 radical (unpaired) electrons. The average Bonchev–Trinajstić information content (AvgIpc) is 2.95. The van der Waals surface area contributed by atoms with Gasteiger partial charge in [-0.05, 0) is 71.2 Å². The number of benzene rings is 1. The van der Waals surface area contributed by atoms with E-state index in [-0.39, 0.29) is 30.0 Å². The number of nitrogens with zero attached hydrogens (tertiary/aromatic N) is 3. The summed E-state index contributed by atoms with van der Waals surface area (Å²) in [6, 6.07) is 6.15. The number of aromatic nitrogens is 2. The number of guanidine groups is 1. The van der Waals surface area contributed by atoms with Crippen molar-refractivity contribution >= 4 is 29.9 Å². The number of aryl methyl sites for hydroxylation is 2. The predicted octanol–water partition coefficient (Wildman–Crippen LogP) is 4.31. The highest BCUT2D eigenvalue weighted by atomic mass is 127. The van der Waals surface area contributed by atoms with Crippen LogP contribution in [0.2, 0.25) is 0 Å². The van der Waals surface area contributed by atoms with E-state index in [0.717, 1.165) is 41.7 Å². The minimum absolute atomic E-state index is 0. The molecule has 1 aromatic carbocycles. The van der Waals surface area contributed by atoms with Crippen LogP contribution in [0.4, 0.5) is 0 Å². The summed E-state index contributed by atoms with van der Waals surface area (Å²) in [5.41, 5.74) is 4.67. The molecular weight excluding hydrogens is 505 g/mol. The highest BCUT2D eigenvalue weighted by Gasteiger charge is 2.13. The molecule has 0 bridgehead atoms. The van der Waals surface area contributed by atoms with Gasteiger partial charge in [0, 0.05) is 25.8 Å². The van der Waals surface area contributed by atoms with Crippen molar-refractivity contribution in [3.8, 4) is 11.5 Å². The van der Waals surface area contributed by atoms with Gasteiger partial charge in [-0.2, -0.15) is 5.10 Å². The lowest BCUT2D eigenvalue weighted by Gasteiger charge is -2.20. The molecule has 0 aliphatic rings. The van der Waals surface area contributed by atoms with Crippen LogP contribution >= 0.6 is 24.0 Å². The number of hydrogen-bond acceptors (Lipinski definition) is 4. The summed E-state index contributed by atoms with van der Waals surface area (Å²) in [6.45, 7) is 15.0. The Hall–Kier alpha value is -1.97. The van der Waals surface area contributed by atoms with Gasteiger partial charge in [0.15, 0.2) is 17.5 Å². The Balaban J connectivity index is 0.00000480. The summed E-state index contributed by atoms with van der Waals surface area (Å²) in [4.78, 5) is 4.77. The molecule has 1 unspecified atom stereocenters. The fourth-order valence-corrected chi connectivity index (χ4v) is 3.40. The van der Waals surface area contributed by atoms with Gasteiger partial charge in [0.2, 0.25) is 0 Å². The third-order valence-electron chi connectivity index (χ3n) is 5.06. The van der Waals surface area contributed by atoms with Crippen LogP contribution in [0.15, 0.2) is 23.2 Å². The van der Waals surface area contributed by atoms with Gasteiger partial charge in [0.05, 0.1) is 24.9 Å². The molecular formula is C23H38IN5O2. The summed E-state index contributed by atoms with van der Waals surface area (Å²) in [5.74, 6) is 2.35. The van der Waals surface area contributed by atoms with Gasteiger partial charge >= 0.3 is 0 Å². The van der Waals surface area contributed by atoms with Crippen LogP contribution in [0, 0.1) is 13.8 Å². The summed E-state index contributed by atoms with van der Waals surface area (Å²) in [7, 11) is 1.98. The first-order valence-electron chi connectivity index (χ1n) is 10.8. The van der Waals surface area contributed by atoms with Gasteiger partial charge in [-0.15, -0.1) is 24.0 Å². The second-order valence-corrected chi connectivity index (χ2v) is 7.22. The molecule has 31 heavy (non-hydrogen) atoms. The highest BCUT2D eigenvalue weighted by molar-refractivity contribution is 14.0. The number of nitrogens with one attached hydrogen (secondary N) is 2. The minimum atomic E-state index is 0. The van der Waals surface area contributed by atoms with Gasteiger partial charge in [0.1, 0.15) is 0 Å². The molecule has 0 aliphatic heterocycles. The van der Waals surface area contributed by atoms with Gasteiger partial charge in [-0.1, -0.05) is 6.07 Å². The smallest absolute Gasteiger partial charge is 0.191 e. The first-order valence-corrected chi connectivity index (χ1v) is 10.8. The molecule has 2 aromatic rings.